The lowest BCUT2D eigenvalue weighted by Crippen LogP contribution is -2.08. The Morgan fingerprint density at radius 3 is 2.81 bits per heavy atom. The Bertz CT molecular complexity index is 324. The highest BCUT2D eigenvalue weighted by atomic mass is 35.5. The summed E-state index contributed by atoms with van der Waals surface area (Å²) in [5.41, 5.74) is 0. The first-order chi connectivity index (χ1) is 7.74. The van der Waals surface area contributed by atoms with Crippen LogP contribution in [0.1, 0.15) is 19.8 Å². The third-order valence-corrected chi connectivity index (χ3v) is 2.23. The SMILES string of the molecule is CCCCOCCOc1nc(Cl)ncc1Cl. The number of hydrogen-bond donors (Lipinski definition) is 0. The van der Waals surface area contributed by atoms with Gasteiger partial charge in [0.15, 0.2) is 0 Å². The van der Waals surface area contributed by atoms with Gasteiger partial charge < -0.3 is 9.47 Å². The summed E-state index contributed by atoms with van der Waals surface area (Å²) in [6.45, 7) is 3.77. The number of halogens is 2. The topological polar surface area (TPSA) is 44.2 Å². The van der Waals surface area contributed by atoms with Crippen LogP contribution in [0, 0.1) is 0 Å². The van der Waals surface area contributed by atoms with Crippen LogP contribution in [-0.2, 0) is 4.74 Å². The summed E-state index contributed by atoms with van der Waals surface area (Å²) in [4.78, 5) is 7.57. The molecule has 0 radical (unpaired) electrons. The second-order valence-electron chi connectivity index (χ2n) is 3.11. The van der Waals surface area contributed by atoms with E-state index in [4.69, 9.17) is 32.7 Å². The average molecular weight is 265 g/mol. The molecular weight excluding hydrogens is 251 g/mol. The molecule has 4 nitrogen and oxygen atoms in total. The van der Waals surface area contributed by atoms with Crippen molar-refractivity contribution in [3.63, 3.8) is 0 Å². The van der Waals surface area contributed by atoms with E-state index in [-0.39, 0.29) is 5.28 Å². The summed E-state index contributed by atoms with van der Waals surface area (Å²) < 4.78 is 10.6. The van der Waals surface area contributed by atoms with Gasteiger partial charge in [-0.2, -0.15) is 4.98 Å². The van der Waals surface area contributed by atoms with Crippen molar-refractivity contribution >= 4 is 23.2 Å². The van der Waals surface area contributed by atoms with E-state index in [1.807, 2.05) is 0 Å². The van der Waals surface area contributed by atoms with Crippen LogP contribution in [0.5, 0.6) is 5.88 Å². The van der Waals surface area contributed by atoms with Crippen molar-refractivity contribution in [1.29, 1.82) is 0 Å². The minimum atomic E-state index is 0.117. The Balaban J connectivity index is 2.23. The van der Waals surface area contributed by atoms with Gasteiger partial charge in [-0.25, -0.2) is 4.98 Å². The van der Waals surface area contributed by atoms with E-state index in [1.165, 1.54) is 6.20 Å². The molecule has 1 aromatic heterocycles. The summed E-state index contributed by atoms with van der Waals surface area (Å²) in [5.74, 6) is 0.292. The van der Waals surface area contributed by atoms with Gasteiger partial charge in [0, 0.05) is 6.61 Å². The maximum atomic E-state index is 5.81. The zero-order valence-electron chi connectivity index (χ0n) is 9.08. The lowest BCUT2D eigenvalue weighted by atomic mass is 10.4. The van der Waals surface area contributed by atoms with Crippen LogP contribution in [0.25, 0.3) is 0 Å². The molecule has 0 aliphatic rings. The Hall–Kier alpha value is -0.580. The molecule has 0 aromatic carbocycles. The largest absolute Gasteiger partial charge is 0.474 e. The molecule has 1 heterocycles. The average Bonchev–Trinajstić information content (AvgIpc) is 2.28. The van der Waals surface area contributed by atoms with Gasteiger partial charge in [0.25, 0.3) is 0 Å². The van der Waals surface area contributed by atoms with Gasteiger partial charge in [-0.15, -0.1) is 0 Å². The van der Waals surface area contributed by atoms with Gasteiger partial charge in [0.1, 0.15) is 11.6 Å². The first-order valence-electron chi connectivity index (χ1n) is 5.12. The van der Waals surface area contributed by atoms with Gasteiger partial charge in [0.05, 0.1) is 12.8 Å². The van der Waals surface area contributed by atoms with E-state index in [1.54, 1.807) is 0 Å². The summed E-state index contributed by atoms with van der Waals surface area (Å²) in [6.07, 6.45) is 3.58. The highest BCUT2D eigenvalue weighted by Crippen LogP contribution is 2.21. The van der Waals surface area contributed by atoms with E-state index >= 15 is 0 Å². The van der Waals surface area contributed by atoms with Crippen LogP contribution < -0.4 is 4.74 Å². The molecule has 90 valence electrons. The number of hydrogen-bond acceptors (Lipinski definition) is 4. The molecule has 1 aromatic rings. The molecule has 1 rings (SSSR count). The van der Waals surface area contributed by atoms with Crippen LogP contribution in [0.2, 0.25) is 10.3 Å². The summed E-state index contributed by atoms with van der Waals surface area (Å²) in [7, 11) is 0. The number of unbranched alkanes of at least 4 members (excludes halogenated alkanes) is 1. The molecule has 0 spiro atoms. The molecule has 0 bridgehead atoms. The van der Waals surface area contributed by atoms with Gasteiger partial charge in [0.2, 0.25) is 11.2 Å². The first kappa shape index (κ1) is 13.5. The van der Waals surface area contributed by atoms with E-state index in [9.17, 15) is 0 Å². The molecule has 0 aliphatic carbocycles. The van der Waals surface area contributed by atoms with Crippen molar-refractivity contribution in [2.24, 2.45) is 0 Å². The fourth-order valence-corrected chi connectivity index (χ4v) is 1.25. The van der Waals surface area contributed by atoms with Gasteiger partial charge in [-0.1, -0.05) is 24.9 Å². The minimum absolute atomic E-state index is 0.117. The van der Waals surface area contributed by atoms with E-state index in [0.717, 1.165) is 19.4 Å². The molecule has 16 heavy (non-hydrogen) atoms. The van der Waals surface area contributed by atoms with Crippen molar-refractivity contribution in [2.75, 3.05) is 19.8 Å². The van der Waals surface area contributed by atoms with E-state index < -0.39 is 0 Å². The molecule has 0 saturated heterocycles. The van der Waals surface area contributed by atoms with Crippen LogP contribution >= 0.6 is 23.2 Å². The number of ether oxygens (including phenoxy) is 2. The molecule has 0 unspecified atom stereocenters. The maximum absolute atomic E-state index is 5.81. The van der Waals surface area contributed by atoms with Gasteiger partial charge >= 0.3 is 0 Å². The third kappa shape index (κ3) is 4.96. The predicted octanol–water partition coefficient (Wildman–Crippen LogP) is 2.98. The fraction of sp³-hybridized carbons (Fsp3) is 0.600. The Kier molecular flexibility index (Phi) is 6.45. The quantitative estimate of drug-likeness (QED) is 0.561. The zero-order chi connectivity index (χ0) is 11.8. The molecule has 0 saturated carbocycles. The van der Waals surface area contributed by atoms with E-state index in [0.29, 0.717) is 24.1 Å². The van der Waals surface area contributed by atoms with Crippen molar-refractivity contribution in [3.05, 3.63) is 16.5 Å². The molecule has 0 N–H and O–H groups in total. The van der Waals surface area contributed by atoms with E-state index in [2.05, 4.69) is 16.9 Å². The second-order valence-corrected chi connectivity index (χ2v) is 3.85. The number of aromatic nitrogens is 2. The summed E-state index contributed by atoms with van der Waals surface area (Å²) in [5, 5.41) is 0.462. The highest BCUT2D eigenvalue weighted by molar-refractivity contribution is 6.32. The molecule has 0 aliphatic heterocycles. The van der Waals surface area contributed by atoms with Crippen LogP contribution in [0.15, 0.2) is 6.20 Å². The van der Waals surface area contributed by atoms with Crippen molar-refractivity contribution in [3.8, 4) is 5.88 Å². The van der Waals surface area contributed by atoms with Gasteiger partial charge in [-0.05, 0) is 18.0 Å². The van der Waals surface area contributed by atoms with Crippen molar-refractivity contribution in [1.82, 2.24) is 9.97 Å². The summed E-state index contributed by atoms with van der Waals surface area (Å²) in [6, 6.07) is 0. The van der Waals surface area contributed by atoms with Crippen LogP contribution in [0.3, 0.4) is 0 Å². The monoisotopic (exact) mass is 264 g/mol. The van der Waals surface area contributed by atoms with Crippen molar-refractivity contribution < 1.29 is 9.47 Å². The lowest BCUT2D eigenvalue weighted by Gasteiger charge is -2.07. The first-order valence-corrected chi connectivity index (χ1v) is 5.88. The molecular formula is C10H14Cl2N2O2. The maximum Gasteiger partial charge on any atom is 0.237 e. The highest BCUT2D eigenvalue weighted by Gasteiger charge is 2.04. The zero-order valence-corrected chi connectivity index (χ0v) is 10.6. The summed E-state index contributed by atoms with van der Waals surface area (Å²) >= 11 is 11.4. The normalized spacial score (nSPS) is 10.4. The standard InChI is InChI=1S/C10H14Cl2N2O2/c1-2-3-4-15-5-6-16-9-8(11)7-13-10(12)14-9/h7H,2-6H2,1H3. The Morgan fingerprint density at radius 2 is 2.06 bits per heavy atom. The van der Waals surface area contributed by atoms with Gasteiger partial charge in [-0.3, -0.25) is 0 Å². The minimum Gasteiger partial charge on any atom is -0.474 e. The molecule has 0 atom stereocenters. The Labute approximate surface area is 105 Å². The predicted molar refractivity (Wildman–Crippen MR) is 63.3 cm³/mol. The smallest absolute Gasteiger partial charge is 0.237 e. The number of rotatable bonds is 7. The Morgan fingerprint density at radius 1 is 1.25 bits per heavy atom. The molecule has 0 amide bonds. The molecule has 6 heteroatoms. The molecule has 0 fully saturated rings. The van der Waals surface area contributed by atoms with Crippen LogP contribution in [0.4, 0.5) is 0 Å². The van der Waals surface area contributed by atoms with Crippen LogP contribution in [-0.4, -0.2) is 29.8 Å². The second kappa shape index (κ2) is 7.65. The third-order valence-electron chi connectivity index (χ3n) is 1.79. The number of nitrogens with zero attached hydrogens (tertiary/aromatic N) is 2. The van der Waals surface area contributed by atoms with Crippen molar-refractivity contribution in [2.45, 2.75) is 19.8 Å². The fourth-order valence-electron chi connectivity index (χ4n) is 0.978. The lowest BCUT2D eigenvalue weighted by molar-refractivity contribution is 0.0965.